The Morgan fingerprint density at radius 1 is 1.31 bits per heavy atom. The van der Waals surface area contributed by atoms with Crippen molar-refractivity contribution in [1.82, 2.24) is 4.90 Å². The van der Waals surface area contributed by atoms with E-state index in [1.54, 1.807) is 0 Å². The molecule has 1 aliphatic rings. The molecule has 2 unspecified atom stereocenters. The number of aliphatic hydroxyl groups excluding tert-OH is 1. The van der Waals surface area contributed by atoms with Gasteiger partial charge in [0.05, 0.1) is 19.3 Å². The maximum absolute atomic E-state index is 10.3. The van der Waals surface area contributed by atoms with E-state index in [0.717, 1.165) is 39.1 Å². The van der Waals surface area contributed by atoms with Crippen LogP contribution in [0.3, 0.4) is 0 Å². The van der Waals surface area contributed by atoms with Crippen LogP contribution in [0.2, 0.25) is 0 Å². The van der Waals surface area contributed by atoms with Gasteiger partial charge in [0.25, 0.3) is 0 Å². The van der Waals surface area contributed by atoms with Gasteiger partial charge in [0.1, 0.15) is 0 Å². The Bertz CT molecular complexity index is 200. The molecule has 0 aliphatic carbocycles. The topological polar surface area (TPSA) is 32.7 Å². The standard InChI is InChI=1S/C13H27NO2/c1-5-11(2)10-12(15)13(3,4)14-6-8-16-9-7-14/h11-12,15H,5-10H2,1-4H3. The van der Waals surface area contributed by atoms with Crippen molar-refractivity contribution in [2.45, 2.75) is 52.2 Å². The summed E-state index contributed by atoms with van der Waals surface area (Å²) in [6.07, 6.45) is 1.78. The molecule has 1 rings (SSSR count). The Morgan fingerprint density at radius 3 is 2.38 bits per heavy atom. The molecule has 1 saturated heterocycles. The van der Waals surface area contributed by atoms with Gasteiger partial charge in [0.2, 0.25) is 0 Å². The predicted molar refractivity (Wildman–Crippen MR) is 66.5 cm³/mol. The second kappa shape index (κ2) is 5.99. The summed E-state index contributed by atoms with van der Waals surface area (Å²) in [6, 6.07) is 0. The summed E-state index contributed by atoms with van der Waals surface area (Å²) in [4.78, 5) is 2.35. The minimum absolute atomic E-state index is 0.132. The smallest absolute Gasteiger partial charge is 0.0721 e. The van der Waals surface area contributed by atoms with E-state index in [4.69, 9.17) is 4.74 Å². The normalized spacial score (nSPS) is 23.1. The summed E-state index contributed by atoms with van der Waals surface area (Å²) >= 11 is 0. The molecule has 1 aliphatic heterocycles. The molecule has 0 aromatic rings. The molecule has 3 nitrogen and oxygen atoms in total. The summed E-state index contributed by atoms with van der Waals surface area (Å²) in [5, 5.41) is 10.3. The van der Waals surface area contributed by atoms with E-state index in [2.05, 4.69) is 32.6 Å². The van der Waals surface area contributed by atoms with Crippen molar-refractivity contribution in [3.63, 3.8) is 0 Å². The number of nitrogens with zero attached hydrogens (tertiary/aromatic N) is 1. The van der Waals surface area contributed by atoms with Crippen LogP contribution in [0.4, 0.5) is 0 Å². The molecule has 0 aromatic carbocycles. The Labute approximate surface area is 99.8 Å². The van der Waals surface area contributed by atoms with Crippen molar-refractivity contribution in [3.05, 3.63) is 0 Å². The van der Waals surface area contributed by atoms with E-state index in [0.29, 0.717) is 5.92 Å². The van der Waals surface area contributed by atoms with E-state index >= 15 is 0 Å². The molecule has 1 fully saturated rings. The lowest BCUT2D eigenvalue weighted by atomic mass is 9.87. The second-order valence-corrected chi connectivity index (χ2v) is 5.52. The summed E-state index contributed by atoms with van der Waals surface area (Å²) in [5.74, 6) is 0.593. The van der Waals surface area contributed by atoms with Crippen LogP contribution in [-0.4, -0.2) is 48.0 Å². The SMILES string of the molecule is CCC(C)CC(O)C(C)(C)N1CCOCC1. The maximum atomic E-state index is 10.3. The van der Waals surface area contributed by atoms with Gasteiger partial charge in [-0.1, -0.05) is 20.3 Å². The van der Waals surface area contributed by atoms with Gasteiger partial charge >= 0.3 is 0 Å². The van der Waals surface area contributed by atoms with Crippen LogP contribution in [0.25, 0.3) is 0 Å². The third-order valence-corrected chi connectivity index (χ3v) is 3.96. The van der Waals surface area contributed by atoms with Crippen molar-refractivity contribution in [2.24, 2.45) is 5.92 Å². The van der Waals surface area contributed by atoms with Crippen molar-refractivity contribution < 1.29 is 9.84 Å². The molecule has 0 spiro atoms. The summed E-state index contributed by atoms with van der Waals surface area (Å²) in [6.45, 7) is 12.1. The fraction of sp³-hybridized carbons (Fsp3) is 1.00. The number of morpholine rings is 1. The number of hydrogen-bond donors (Lipinski definition) is 1. The van der Waals surface area contributed by atoms with Crippen molar-refractivity contribution in [3.8, 4) is 0 Å². The van der Waals surface area contributed by atoms with Crippen LogP contribution in [0.15, 0.2) is 0 Å². The van der Waals surface area contributed by atoms with Gasteiger partial charge in [0, 0.05) is 18.6 Å². The number of hydrogen-bond acceptors (Lipinski definition) is 3. The molecule has 0 amide bonds. The van der Waals surface area contributed by atoms with E-state index in [-0.39, 0.29) is 11.6 Å². The van der Waals surface area contributed by atoms with Crippen LogP contribution in [0, 0.1) is 5.92 Å². The fourth-order valence-electron chi connectivity index (χ4n) is 2.19. The monoisotopic (exact) mass is 229 g/mol. The minimum atomic E-state index is -0.249. The average molecular weight is 229 g/mol. The van der Waals surface area contributed by atoms with Crippen LogP contribution in [0.5, 0.6) is 0 Å². The first kappa shape index (κ1) is 13.9. The first-order valence-electron chi connectivity index (χ1n) is 6.49. The quantitative estimate of drug-likeness (QED) is 0.781. The molecule has 3 heteroatoms. The lowest BCUT2D eigenvalue weighted by molar-refractivity contribution is -0.0674. The molecular formula is C13H27NO2. The predicted octanol–water partition coefficient (Wildman–Crippen LogP) is 1.89. The van der Waals surface area contributed by atoms with Gasteiger partial charge in [-0.05, 0) is 26.2 Å². The van der Waals surface area contributed by atoms with Crippen molar-refractivity contribution >= 4 is 0 Å². The molecule has 0 bridgehead atoms. The van der Waals surface area contributed by atoms with Gasteiger partial charge in [-0.25, -0.2) is 0 Å². The highest BCUT2D eigenvalue weighted by atomic mass is 16.5. The van der Waals surface area contributed by atoms with E-state index in [9.17, 15) is 5.11 Å². The van der Waals surface area contributed by atoms with Crippen LogP contribution >= 0.6 is 0 Å². The third-order valence-electron chi connectivity index (χ3n) is 3.96. The van der Waals surface area contributed by atoms with Crippen LogP contribution in [0.1, 0.15) is 40.5 Å². The average Bonchev–Trinajstić information content (AvgIpc) is 2.29. The highest BCUT2D eigenvalue weighted by Crippen LogP contribution is 2.25. The highest BCUT2D eigenvalue weighted by molar-refractivity contribution is 4.90. The molecule has 0 saturated carbocycles. The van der Waals surface area contributed by atoms with Crippen LogP contribution < -0.4 is 0 Å². The first-order valence-corrected chi connectivity index (χ1v) is 6.49. The van der Waals surface area contributed by atoms with E-state index < -0.39 is 0 Å². The molecule has 16 heavy (non-hydrogen) atoms. The van der Waals surface area contributed by atoms with Gasteiger partial charge in [0.15, 0.2) is 0 Å². The number of aliphatic hydroxyl groups is 1. The number of ether oxygens (including phenoxy) is 1. The van der Waals surface area contributed by atoms with Gasteiger partial charge < -0.3 is 9.84 Å². The van der Waals surface area contributed by atoms with Gasteiger partial charge in [-0.2, -0.15) is 0 Å². The van der Waals surface area contributed by atoms with Gasteiger partial charge in [-0.3, -0.25) is 4.90 Å². The molecule has 0 aromatic heterocycles. The highest BCUT2D eigenvalue weighted by Gasteiger charge is 2.35. The van der Waals surface area contributed by atoms with Crippen LogP contribution in [-0.2, 0) is 4.74 Å². The fourth-order valence-corrected chi connectivity index (χ4v) is 2.19. The van der Waals surface area contributed by atoms with Crippen molar-refractivity contribution in [1.29, 1.82) is 0 Å². The maximum Gasteiger partial charge on any atom is 0.0721 e. The summed E-state index contributed by atoms with van der Waals surface area (Å²) < 4.78 is 5.35. The van der Waals surface area contributed by atoms with Crippen molar-refractivity contribution in [2.75, 3.05) is 26.3 Å². The largest absolute Gasteiger partial charge is 0.391 e. The van der Waals surface area contributed by atoms with Gasteiger partial charge in [-0.15, -0.1) is 0 Å². The summed E-state index contributed by atoms with van der Waals surface area (Å²) in [5.41, 5.74) is -0.132. The summed E-state index contributed by atoms with van der Waals surface area (Å²) in [7, 11) is 0. The molecule has 96 valence electrons. The number of rotatable bonds is 5. The zero-order valence-electron chi connectivity index (χ0n) is 11.2. The lowest BCUT2D eigenvalue weighted by Crippen LogP contribution is -2.56. The molecule has 1 heterocycles. The Morgan fingerprint density at radius 2 is 1.88 bits per heavy atom. The Hall–Kier alpha value is -0.120. The zero-order chi connectivity index (χ0) is 12.2. The zero-order valence-corrected chi connectivity index (χ0v) is 11.2. The van der Waals surface area contributed by atoms with E-state index in [1.807, 2.05) is 0 Å². The molecular weight excluding hydrogens is 202 g/mol. The molecule has 2 atom stereocenters. The second-order valence-electron chi connectivity index (χ2n) is 5.52. The third kappa shape index (κ3) is 3.44. The minimum Gasteiger partial charge on any atom is -0.391 e. The molecule has 1 N–H and O–H groups in total. The molecule has 0 radical (unpaired) electrons. The van der Waals surface area contributed by atoms with E-state index in [1.165, 1.54) is 0 Å². The first-order chi connectivity index (χ1) is 7.48. The Kier molecular flexibility index (Phi) is 5.22. The Balaban J connectivity index is 2.52. The lowest BCUT2D eigenvalue weighted by Gasteiger charge is -2.44.